The highest BCUT2D eigenvalue weighted by molar-refractivity contribution is 9.10. The van der Waals surface area contributed by atoms with Gasteiger partial charge >= 0.3 is 0 Å². The molecule has 8 heteroatoms. The van der Waals surface area contributed by atoms with Gasteiger partial charge < -0.3 is 9.84 Å². The fourth-order valence-electron chi connectivity index (χ4n) is 2.47. The number of phenols is 1. The molecule has 0 radical (unpaired) electrons. The van der Waals surface area contributed by atoms with Gasteiger partial charge in [-0.25, -0.2) is 9.38 Å². The minimum atomic E-state index is -0.340. The van der Waals surface area contributed by atoms with E-state index in [0.717, 1.165) is 0 Å². The zero-order valence-corrected chi connectivity index (χ0v) is 17.0. The second-order valence-electron chi connectivity index (χ2n) is 5.58. The smallest absolute Gasteiger partial charge is 0.266 e. The van der Waals surface area contributed by atoms with Gasteiger partial charge in [-0.3, -0.25) is 9.69 Å². The maximum atomic E-state index is 13.1. The average molecular weight is 451 g/mol. The van der Waals surface area contributed by atoms with E-state index in [0.29, 0.717) is 38.1 Å². The second-order valence-corrected chi connectivity index (χ2v) is 7.44. The number of hydrogen-bond donors (Lipinski definition) is 1. The zero-order valence-electron chi connectivity index (χ0n) is 14.6. The Morgan fingerprint density at radius 2 is 2.04 bits per heavy atom. The number of aromatic hydroxyl groups is 1. The van der Waals surface area contributed by atoms with E-state index in [9.17, 15) is 14.3 Å². The third-order valence-electron chi connectivity index (χ3n) is 3.84. The van der Waals surface area contributed by atoms with E-state index in [-0.39, 0.29) is 17.5 Å². The first-order chi connectivity index (χ1) is 12.9. The number of nitrogens with zero attached hydrogens (tertiary/aromatic N) is 2. The van der Waals surface area contributed by atoms with Crippen molar-refractivity contribution in [2.75, 3.05) is 13.7 Å². The van der Waals surface area contributed by atoms with Crippen molar-refractivity contribution in [1.82, 2.24) is 4.90 Å². The Morgan fingerprint density at radius 3 is 2.67 bits per heavy atom. The molecule has 3 rings (SSSR count). The molecule has 0 atom stereocenters. The van der Waals surface area contributed by atoms with Crippen LogP contribution in [0.4, 0.5) is 10.1 Å². The fourth-order valence-corrected chi connectivity index (χ4v) is 3.97. The number of carbonyl (C=O) groups excluding carboxylic acids is 1. The van der Waals surface area contributed by atoms with Crippen molar-refractivity contribution in [2.24, 2.45) is 4.99 Å². The minimum absolute atomic E-state index is 0.00525. The summed E-state index contributed by atoms with van der Waals surface area (Å²) in [6.07, 6.45) is 1.72. The first-order valence-corrected chi connectivity index (χ1v) is 9.66. The predicted octanol–water partition coefficient (Wildman–Crippen LogP) is 4.93. The quantitative estimate of drug-likeness (QED) is 0.670. The number of rotatable bonds is 4. The molecule has 1 aliphatic rings. The number of benzene rings is 2. The number of thioether (sulfide) groups is 1. The Labute approximate surface area is 168 Å². The number of carbonyl (C=O) groups is 1. The summed E-state index contributed by atoms with van der Waals surface area (Å²) in [4.78, 5) is 19.2. The van der Waals surface area contributed by atoms with E-state index in [4.69, 9.17) is 4.74 Å². The summed E-state index contributed by atoms with van der Waals surface area (Å²) in [5.41, 5.74) is 1.26. The van der Waals surface area contributed by atoms with Gasteiger partial charge in [0.1, 0.15) is 5.82 Å². The number of amides is 1. The summed E-state index contributed by atoms with van der Waals surface area (Å²) in [6.45, 7) is 2.32. The van der Waals surface area contributed by atoms with Gasteiger partial charge in [-0.05, 0) is 66.7 Å². The van der Waals surface area contributed by atoms with Crippen LogP contribution in [0.1, 0.15) is 12.5 Å². The van der Waals surface area contributed by atoms with Gasteiger partial charge in [-0.15, -0.1) is 0 Å². The fraction of sp³-hybridized carbons (Fsp3) is 0.158. The number of hydrogen-bond acceptors (Lipinski definition) is 5. The molecule has 0 spiro atoms. The van der Waals surface area contributed by atoms with Gasteiger partial charge in [0.25, 0.3) is 5.91 Å². The molecule has 1 aliphatic heterocycles. The molecule has 140 valence electrons. The third-order valence-corrected chi connectivity index (χ3v) is 5.53. The van der Waals surface area contributed by atoms with Crippen LogP contribution in [0.3, 0.4) is 0 Å². The molecule has 0 aromatic heterocycles. The van der Waals surface area contributed by atoms with Crippen molar-refractivity contribution in [2.45, 2.75) is 6.92 Å². The van der Waals surface area contributed by atoms with Gasteiger partial charge in [-0.1, -0.05) is 15.9 Å². The van der Waals surface area contributed by atoms with Crippen LogP contribution in [0, 0.1) is 5.82 Å². The molecule has 1 amide bonds. The van der Waals surface area contributed by atoms with Gasteiger partial charge in [0.05, 0.1) is 17.7 Å². The van der Waals surface area contributed by atoms with Gasteiger partial charge in [-0.2, -0.15) is 0 Å². The molecular weight excluding hydrogens is 435 g/mol. The molecule has 2 aromatic rings. The highest BCUT2D eigenvalue weighted by Gasteiger charge is 2.32. The van der Waals surface area contributed by atoms with Crippen molar-refractivity contribution >= 4 is 50.5 Å². The number of methoxy groups -OCH3 is 1. The van der Waals surface area contributed by atoms with Crippen LogP contribution in [-0.2, 0) is 4.79 Å². The molecule has 5 nitrogen and oxygen atoms in total. The second kappa shape index (κ2) is 8.14. The van der Waals surface area contributed by atoms with E-state index in [1.165, 1.54) is 37.1 Å². The standard InChI is InChI=1S/C19H16BrFN2O3S/c1-3-23-18(25)17(9-11-8-16(26-2)15(24)10-14(11)20)27-19(23)22-13-6-4-12(21)5-7-13/h4-10,24H,3H2,1-2H3/b17-9+,22-19?. The maximum Gasteiger partial charge on any atom is 0.266 e. The zero-order chi connectivity index (χ0) is 19.6. The van der Waals surface area contributed by atoms with Crippen LogP contribution >= 0.6 is 27.7 Å². The Balaban J connectivity index is 1.97. The maximum absolute atomic E-state index is 13.1. The first-order valence-electron chi connectivity index (χ1n) is 8.05. The van der Waals surface area contributed by atoms with E-state index in [1.807, 2.05) is 6.92 Å². The highest BCUT2D eigenvalue weighted by Crippen LogP contribution is 2.38. The molecule has 0 aliphatic carbocycles. The van der Waals surface area contributed by atoms with Crippen molar-refractivity contribution in [1.29, 1.82) is 0 Å². The van der Waals surface area contributed by atoms with E-state index < -0.39 is 0 Å². The summed E-state index contributed by atoms with van der Waals surface area (Å²) >= 11 is 4.63. The lowest BCUT2D eigenvalue weighted by Gasteiger charge is -2.12. The average Bonchev–Trinajstić information content (AvgIpc) is 2.93. The SMILES string of the molecule is CCN1C(=O)/C(=C\c2cc(OC)c(O)cc2Br)SC1=Nc1ccc(F)cc1. The Kier molecular flexibility index (Phi) is 5.86. The Bertz CT molecular complexity index is 945. The summed E-state index contributed by atoms with van der Waals surface area (Å²) in [6, 6.07) is 8.93. The third kappa shape index (κ3) is 4.17. The number of phenolic OH excluding ortho intramolecular Hbond substituents is 1. The molecule has 0 unspecified atom stereocenters. The molecule has 1 heterocycles. The van der Waals surface area contributed by atoms with Crippen molar-refractivity contribution in [3.05, 3.63) is 57.2 Å². The Morgan fingerprint density at radius 1 is 1.33 bits per heavy atom. The van der Waals surface area contributed by atoms with Crippen LogP contribution < -0.4 is 4.74 Å². The number of amidine groups is 1. The van der Waals surface area contributed by atoms with Crippen LogP contribution in [0.15, 0.2) is 50.8 Å². The molecule has 1 fully saturated rings. The molecule has 0 saturated carbocycles. The predicted molar refractivity (Wildman–Crippen MR) is 109 cm³/mol. The first kappa shape index (κ1) is 19.4. The minimum Gasteiger partial charge on any atom is -0.504 e. The highest BCUT2D eigenvalue weighted by atomic mass is 79.9. The number of halogens is 2. The lowest BCUT2D eigenvalue weighted by molar-refractivity contribution is -0.122. The van der Waals surface area contributed by atoms with E-state index >= 15 is 0 Å². The largest absolute Gasteiger partial charge is 0.504 e. The topological polar surface area (TPSA) is 62.1 Å². The summed E-state index contributed by atoms with van der Waals surface area (Å²) in [5.74, 6) is -0.186. The lowest BCUT2D eigenvalue weighted by atomic mass is 10.2. The summed E-state index contributed by atoms with van der Waals surface area (Å²) < 4.78 is 18.8. The van der Waals surface area contributed by atoms with Gasteiger partial charge in [0.15, 0.2) is 16.7 Å². The van der Waals surface area contributed by atoms with Gasteiger partial charge in [0, 0.05) is 11.0 Å². The van der Waals surface area contributed by atoms with Crippen LogP contribution in [0.25, 0.3) is 6.08 Å². The number of ether oxygens (including phenoxy) is 1. The van der Waals surface area contributed by atoms with E-state index in [2.05, 4.69) is 20.9 Å². The van der Waals surface area contributed by atoms with Gasteiger partial charge in [0.2, 0.25) is 0 Å². The van der Waals surface area contributed by atoms with Crippen molar-refractivity contribution < 1.29 is 19.0 Å². The van der Waals surface area contributed by atoms with Crippen molar-refractivity contribution in [3.8, 4) is 11.5 Å². The molecule has 0 bridgehead atoms. The summed E-state index contributed by atoms with van der Waals surface area (Å²) in [7, 11) is 1.46. The number of aliphatic imine (C=N–C) groups is 1. The molecule has 1 saturated heterocycles. The molecule has 1 N–H and O–H groups in total. The van der Waals surface area contributed by atoms with Crippen LogP contribution in [0.5, 0.6) is 11.5 Å². The van der Waals surface area contributed by atoms with Crippen LogP contribution in [0.2, 0.25) is 0 Å². The summed E-state index contributed by atoms with van der Waals surface area (Å²) in [5, 5.41) is 10.4. The molecular formula is C19H16BrFN2O3S. The Hall–Kier alpha value is -2.32. The van der Waals surface area contributed by atoms with Crippen molar-refractivity contribution in [3.63, 3.8) is 0 Å². The monoisotopic (exact) mass is 450 g/mol. The lowest BCUT2D eigenvalue weighted by Crippen LogP contribution is -2.28. The molecule has 2 aromatic carbocycles. The molecule has 27 heavy (non-hydrogen) atoms. The normalized spacial score (nSPS) is 17.2. The number of likely N-dealkylation sites (N-methyl/N-ethyl adjacent to an activating group) is 1. The van der Waals surface area contributed by atoms with E-state index in [1.54, 1.807) is 29.2 Å². The van der Waals surface area contributed by atoms with Crippen LogP contribution in [-0.4, -0.2) is 34.7 Å².